The first-order valence-electron chi connectivity index (χ1n) is 4.83. The lowest BCUT2D eigenvalue weighted by molar-refractivity contribution is 0.0684. The molecule has 1 saturated heterocycles. The first-order valence-corrected chi connectivity index (χ1v) is 6.78. The Morgan fingerprint density at radius 1 is 1.53 bits per heavy atom. The third kappa shape index (κ3) is 2.74. The number of halogens is 2. The van der Waals surface area contributed by atoms with Crippen LogP contribution in [0.15, 0.2) is 22.7 Å². The largest absolute Gasteiger partial charge is 0.389 e. The predicted molar refractivity (Wildman–Crippen MR) is 64.7 cm³/mol. The summed E-state index contributed by atoms with van der Waals surface area (Å²) in [6, 6.07) is 4.60. The molecule has 15 heavy (non-hydrogen) atoms. The average Bonchev–Trinajstić information content (AvgIpc) is 2.59. The number of rotatable bonds is 2. The van der Waals surface area contributed by atoms with Crippen LogP contribution in [-0.2, 0) is 6.42 Å². The van der Waals surface area contributed by atoms with Crippen LogP contribution in [-0.4, -0.2) is 22.2 Å². The molecule has 0 amide bonds. The molecular formula is C11H12BrFOS. The summed E-state index contributed by atoms with van der Waals surface area (Å²) < 4.78 is 13.9. The number of aliphatic hydroxyl groups is 1. The summed E-state index contributed by atoms with van der Waals surface area (Å²) >= 11 is 5.13. The van der Waals surface area contributed by atoms with Crippen molar-refractivity contribution >= 4 is 27.7 Å². The summed E-state index contributed by atoms with van der Waals surface area (Å²) in [5, 5.41) is 10.2. The van der Waals surface area contributed by atoms with Crippen molar-refractivity contribution in [3.63, 3.8) is 0 Å². The fourth-order valence-electron chi connectivity index (χ4n) is 1.77. The lowest BCUT2D eigenvalue weighted by atomic mass is 9.94. The third-order valence-corrected chi connectivity index (χ3v) is 4.62. The highest BCUT2D eigenvalue weighted by atomic mass is 79.9. The molecule has 0 bridgehead atoms. The number of thioether (sulfide) groups is 1. The maximum absolute atomic E-state index is 13.0. The van der Waals surface area contributed by atoms with Crippen LogP contribution in [0.1, 0.15) is 12.0 Å². The van der Waals surface area contributed by atoms with E-state index in [1.165, 1.54) is 12.1 Å². The maximum atomic E-state index is 13.0. The van der Waals surface area contributed by atoms with Gasteiger partial charge in [-0.15, -0.1) is 0 Å². The Kier molecular flexibility index (Phi) is 3.38. The van der Waals surface area contributed by atoms with Crippen LogP contribution >= 0.6 is 27.7 Å². The van der Waals surface area contributed by atoms with Gasteiger partial charge in [-0.1, -0.05) is 15.9 Å². The quantitative estimate of drug-likeness (QED) is 0.904. The van der Waals surface area contributed by atoms with Gasteiger partial charge in [0.25, 0.3) is 0 Å². The summed E-state index contributed by atoms with van der Waals surface area (Å²) in [5.74, 6) is 1.49. The molecule has 1 atom stereocenters. The zero-order valence-corrected chi connectivity index (χ0v) is 10.6. The van der Waals surface area contributed by atoms with E-state index in [1.807, 2.05) is 0 Å². The molecule has 2 rings (SSSR count). The second-order valence-electron chi connectivity index (χ2n) is 3.94. The van der Waals surface area contributed by atoms with Crippen LogP contribution in [0.25, 0.3) is 0 Å². The van der Waals surface area contributed by atoms with Gasteiger partial charge in [-0.25, -0.2) is 4.39 Å². The average molecular weight is 291 g/mol. The number of benzene rings is 1. The molecule has 1 heterocycles. The first-order chi connectivity index (χ1) is 7.09. The Bertz CT molecular complexity index is 364. The minimum absolute atomic E-state index is 0.248. The normalized spacial score (nSPS) is 25.8. The molecule has 1 aliphatic heterocycles. The van der Waals surface area contributed by atoms with Crippen molar-refractivity contribution in [3.8, 4) is 0 Å². The molecule has 1 fully saturated rings. The van der Waals surface area contributed by atoms with Crippen LogP contribution in [0.5, 0.6) is 0 Å². The molecule has 0 saturated carbocycles. The van der Waals surface area contributed by atoms with E-state index >= 15 is 0 Å². The van der Waals surface area contributed by atoms with Crippen LogP contribution in [0, 0.1) is 5.82 Å². The molecule has 0 radical (unpaired) electrons. The highest BCUT2D eigenvalue weighted by Crippen LogP contribution is 2.32. The minimum atomic E-state index is -0.652. The van der Waals surface area contributed by atoms with Gasteiger partial charge in [-0.2, -0.15) is 11.8 Å². The Labute approximate surface area is 101 Å². The smallest absolute Gasteiger partial charge is 0.123 e. The Balaban J connectivity index is 2.19. The summed E-state index contributed by atoms with van der Waals surface area (Å²) in [6.07, 6.45) is 1.32. The van der Waals surface area contributed by atoms with Crippen molar-refractivity contribution < 1.29 is 9.50 Å². The Hall–Kier alpha value is -0.0600. The number of hydrogen-bond donors (Lipinski definition) is 1. The fraction of sp³-hybridized carbons (Fsp3) is 0.455. The lowest BCUT2D eigenvalue weighted by Crippen LogP contribution is -2.31. The van der Waals surface area contributed by atoms with Crippen LogP contribution < -0.4 is 0 Å². The van der Waals surface area contributed by atoms with E-state index in [-0.39, 0.29) is 5.82 Å². The fourth-order valence-corrected chi connectivity index (χ4v) is 3.45. The topological polar surface area (TPSA) is 20.2 Å². The molecule has 1 nitrogen and oxygen atoms in total. The van der Waals surface area contributed by atoms with Gasteiger partial charge in [0.2, 0.25) is 0 Å². The third-order valence-electron chi connectivity index (χ3n) is 2.61. The van der Waals surface area contributed by atoms with Gasteiger partial charge < -0.3 is 5.11 Å². The van der Waals surface area contributed by atoms with E-state index in [1.54, 1.807) is 17.8 Å². The highest BCUT2D eigenvalue weighted by Gasteiger charge is 2.32. The minimum Gasteiger partial charge on any atom is -0.389 e. The molecule has 82 valence electrons. The summed E-state index contributed by atoms with van der Waals surface area (Å²) in [4.78, 5) is 0. The van der Waals surface area contributed by atoms with E-state index < -0.39 is 5.60 Å². The van der Waals surface area contributed by atoms with Crippen molar-refractivity contribution in [3.05, 3.63) is 34.1 Å². The van der Waals surface area contributed by atoms with Crippen molar-refractivity contribution in [2.24, 2.45) is 0 Å². The molecule has 0 aromatic heterocycles. The molecule has 1 unspecified atom stereocenters. The van der Waals surface area contributed by atoms with E-state index in [2.05, 4.69) is 15.9 Å². The Morgan fingerprint density at radius 3 is 3.00 bits per heavy atom. The number of hydrogen-bond acceptors (Lipinski definition) is 2. The highest BCUT2D eigenvalue weighted by molar-refractivity contribution is 9.10. The standard InChI is InChI=1S/C11H12BrFOS/c12-10-2-1-9(13)5-8(10)6-11(14)3-4-15-7-11/h1-2,5,14H,3-4,6-7H2. The van der Waals surface area contributed by atoms with Gasteiger partial charge in [0.15, 0.2) is 0 Å². The molecule has 1 aromatic carbocycles. The maximum Gasteiger partial charge on any atom is 0.123 e. The second kappa shape index (κ2) is 4.44. The van der Waals surface area contributed by atoms with Crippen molar-refractivity contribution in [2.45, 2.75) is 18.4 Å². The molecule has 0 aliphatic carbocycles. The van der Waals surface area contributed by atoms with E-state index in [0.29, 0.717) is 6.42 Å². The van der Waals surface area contributed by atoms with Gasteiger partial charge in [0.1, 0.15) is 5.82 Å². The summed E-state index contributed by atoms with van der Waals surface area (Å²) in [7, 11) is 0. The lowest BCUT2D eigenvalue weighted by Gasteiger charge is -2.21. The molecular weight excluding hydrogens is 279 g/mol. The van der Waals surface area contributed by atoms with Crippen LogP contribution in [0.2, 0.25) is 0 Å². The van der Waals surface area contributed by atoms with Crippen LogP contribution in [0.4, 0.5) is 4.39 Å². The zero-order valence-electron chi connectivity index (χ0n) is 8.17. The van der Waals surface area contributed by atoms with Gasteiger partial charge >= 0.3 is 0 Å². The monoisotopic (exact) mass is 290 g/mol. The van der Waals surface area contributed by atoms with Gasteiger partial charge in [-0.05, 0) is 35.9 Å². The van der Waals surface area contributed by atoms with Gasteiger partial charge in [0, 0.05) is 16.6 Å². The summed E-state index contributed by atoms with van der Waals surface area (Å²) in [6.45, 7) is 0. The van der Waals surface area contributed by atoms with Crippen molar-refractivity contribution in [1.82, 2.24) is 0 Å². The van der Waals surface area contributed by atoms with Crippen molar-refractivity contribution in [2.75, 3.05) is 11.5 Å². The van der Waals surface area contributed by atoms with E-state index in [0.717, 1.165) is 28.0 Å². The Morgan fingerprint density at radius 2 is 2.33 bits per heavy atom. The zero-order chi connectivity index (χ0) is 10.9. The molecule has 1 aromatic rings. The van der Waals surface area contributed by atoms with Crippen LogP contribution in [0.3, 0.4) is 0 Å². The molecule has 4 heteroatoms. The SMILES string of the molecule is OC1(Cc2cc(F)ccc2Br)CCSC1. The van der Waals surface area contributed by atoms with Gasteiger partial charge in [-0.3, -0.25) is 0 Å². The molecule has 1 aliphatic rings. The van der Waals surface area contributed by atoms with Gasteiger partial charge in [0.05, 0.1) is 5.60 Å². The predicted octanol–water partition coefficient (Wildman–Crippen LogP) is 3.00. The second-order valence-corrected chi connectivity index (χ2v) is 5.90. The molecule has 1 N–H and O–H groups in total. The molecule has 0 spiro atoms. The first kappa shape index (κ1) is 11.4. The van der Waals surface area contributed by atoms with E-state index in [4.69, 9.17) is 0 Å². The van der Waals surface area contributed by atoms with Crippen molar-refractivity contribution in [1.29, 1.82) is 0 Å². The van der Waals surface area contributed by atoms with E-state index in [9.17, 15) is 9.50 Å². The summed E-state index contributed by atoms with van der Waals surface area (Å²) in [5.41, 5.74) is 0.195.